The van der Waals surface area contributed by atoms with Gasteiger partial charge >= 0.3 is 5.69 Å². The highest BCUT2D eigenvalue weighted by atomic mass is 16.1. The van der Waals surface area contributed by atoms with Gasteiger partial charge in [0.15, 0.2) is 0 Å². The van der Waals surface area contributed by atoms with E-state index in [1.165, 1.54) is 44.1 Å². The van der Waals surface area contributed by atoms with Gasteiger partial charge in [-0.1, -0.05) is 12.1 Å². The molecule has 0 amide bonds. The second-order valence-electron chi connectivity index (χ2n) is 11.1. The SMILES string of the molecule is Cc1[nH]n(-c2ccc(C34CC5CC(CC(C5)C3)C4)cc2)c(=O)c1C=Nc1ccc2[nH]c(=O)[nH]c2c1. The second kappa shape index (κ2) is 7.44. The number of aliphatic imine (C=N–C) groups is 1. The summed E-state index contributed by atoms with van der Waals surface area (Å²) in [6.45, 7) is 1.88. The number of hydrogen-bond acceptors (Lipinski definition) is 3. The Morgan fingerprint density at radius 1 is 0.914 bits per heavy atom. The van der Waals surface area contributed by atoms with Crippen LogP contribution in [0.5, 0.6) is 0 Å². The molecule has 2 aromatic carbocycles. The van der Waals surface area contributed by atoms with E-state index in [0.29, 0.717) is 22.2 Å². The predicted molar refractivity (Wildman–Crippen MR) is 137 cm³/mol. The Balaban J connectivity index is 1.17. The molecule has 178 valence electrons. The van der Waals surface area contributed by atoms with Crippen molar-refractivity contribution < 1.29 is 0 Å². The molecular formula is C28H29N5O2. The van der Waals surface area contributed by atoms with E-state index in [-0.39, 0.29) is 11.2 Å². The summed E-state index contributed by atoms with van der Waals surface area (Å²) < 4.78 is 1.60. The summed E-state index contributed by atoms with van der Waals surface area (Å²) in [5.74, 6) is 2.74. The van der Waals surface area contributed by atoms with Crippen molar-refractivity contribution in [3.05, 3.63) is 80.1 Å². The predicted octanol–water partition coefficient (Wildman–Crippen LogP) is 4.86. The van der Waals surface area contributed by atoms with Crippen LogP contribution in [0.2, 0.25) is 0 Å². The number of H-pyrrole nitrogens is 3. The van der Waals surface area contributed by atoms with Gasteiger partial charge in [-0.25, -0.2) is 9.48 Å². The van der Waals surface area contributed by atoms with Crippen LogP contribution in [0.1, 0.15) is 55.3 Å². The zero-order valence-electron chi connectivity index (χ0n) is 19.8. The van der Waals surface area contributed by atoms with E-state index in [9.17, 15) is 9.59 Å². The number of hydrogen-bond donors (Lipinski definition) is 3. The first-order valence-corrected chi connectivity index (χ1v) is 12.6. The molecule has 2 heterocycles. The fourth-order valence-corrected chi connectivity index (χ4v) is 7.56. The first kappa shape index (κ1) is 20.7. The van der Waals surface area contributed by atoms with E-state index in [4.69, 9.17) is 0 Å². The van der Waals surface area contributed by atoms with Crippen molar-refractivity contribution in [1.82, 2.24) is 19.7 Å². The Morgan fingerprint density at radius 3 is 2.26 bits per heavy atom. The minimum absolute atomic E-state index is 0.120. The minimum Gasteiger partial charge on any atom is -0.306 e. The maximum atomic E-state index is 13.2. The molecule has 0 unspecified atom stereocenters. The number of aryl methyl sites for hydroxylation is 1. The molecule has 2 aromatic heterocycles. The maximum Gasteiger partial charge on any atom is 0.323 e. The van der Waals surface area contributed by atoms with Gasteiger partial charge in [0, 0.05) is 11.9 Å². The highest BCUT2D eigenvalue weighted by Crippen LogP contribution is 2.60. The van der Waals surface area contributed by atoms with Gasteiger partial charge < -0.3 is 9.97 Å². The second-order valence-corrected chi connectivity index (χ2v) is 11.1. The number of nitrogens with zero attached hydrogens (tertiary/aromatic N) is 2. The average Bonchev–Trinajstić information content (AvgIpc) is 3.34. The number of fused-ring (bicyclic) bond motifs is 1. The molecule has 8 rings (SSSR count). The molecule has 4 aliphatic rings. The quantitative estimate of drug-likeness (QED) is 0.374. The van der Waals surface area contributed by atoms with Crippen LogP contribution in [-0.2, 0) is 5.41 Å². The molecule has 0 spiro atoms. The van der Waals surface area contributed by atoms with Gasteiger partial charge in [0.1, 0.15) is 0 Å². The zero-order valence-corrected chi connectivity index (χ0v) is 19.8. The normalized spacial score (nSPS) is 27.4. The Kier molecular flexibility index (Phi) is 4.41. The van der Waals surface area contributed by atoms with Crippen LogP contribution >= 0.6 is 0 Å². The molecule has 4 saturated carbocycles. The van der Waals surface area contributed by atoms with Crippen LogP contribution < -0.4 is 11.2 Å². The molecule has 7 nitrogen and oxygen atoms in total. The third-order valence-corrected chi connectivity index (χ3v) is 8.74. The van der Waals surface area contributed by atoms with E-state index in [0.717, 1.165) is 34.7 Å². The van der Waals surface area contributed by atoms with Crippen LogP contribution in [0.3, 0.4) is 0 Å². The Bertz CT molecular complexity index is 1540. The molecule has 4 aromatic rings. The Morgan fingerprint density at radius 2 is 1.57 bits per heavy atom. The van der Waals surface area contributed by atoms with Crippen molar-refractivity contribution in [2.45, 2.75) is 50.9 Å². The summed E-state index contributed by atoms with van der Waals surface area (Å²) in [6, 6.07) is 14.1. The van der Waals surface area contributed by atoms with Gasteiger partial charge in [-0.2, -0.15) is 0 Å². The smallest absolute Gasteiger partial charge is 0.306 e. The highest BCUT2D eigenvalue weighted by Gasteiger charge is 2.51. The van der Waals surface area contributed by atoms with E-state index in [1.807, 2.05) is 13.0 Å². The lowest BCUT2D eigenvalue weighted by atomic mass is 9.48. The Labute approximate surface area is 202 Å². The number of aromatic nitrogens is 4. The third kappa shape index (κ3) is 3.36. The van der Waals surface area contributed by atoms with Crippen LogP contribution in [0.15, 0.2) is 57.0 Å². The van der Waals surface area contributed by atoms with Gasteiger partial charge in [-0.15, -0.1) is 0 Å². The van der Waals surface area contributed by atoms with Gasteiger partial charge in [0.25, 0.3) is 5.56 Å². The monoisotopic (exact) mass is 467 g/mol. The fraction of sp³-hybridized carbons (Fsp3) is 0.393. The third-order valence-electron chi connectivity index (χ3n) is 8.74. The number of imidazole rings is 1. The van der Waals surface area contributed by atoms with Crippen LogP contribution in [0.4, 0.5) is 5.69 Å². The lowest BCUT2D eigenvalue weighted by Crippen LogP contribution is -2.48. The van der Waals surface area contributed by atoms with Crippen LogP contribution in [0, 0.1) is 24.7 Å². The lowest BCUT2D eigenvalue weighted by Gasteiger charge is -2.57. The minimum atomic E-state index is -0.250. The molecule has 7 heteroatoms. The van der Waals surface area contributed by atoms with Gasteiger partial charge in [0.05, 0.1) is 28.0 Å². The average molecular weight is 468 g/mol. The van der Waals surface area contributed by atoms with E-state index in [1.54, 1.807) is 23.0 Å². The summed E-state index contributed by atoms with van der Waals surface area (Å²) in [6.07, 6.45) is 9.93. The van der Waals surface area contributed by atoms with Crippen molar-refractivity contribution in [3.63, 3.8) is 0 Å². The number of aromatic amines is 3. The highest BCUT2D eigenvalue weighted by molar-refractivity contribution is 5.85. The van der Waals surface area contributed by atoms with Crippen molar-refractivity contribution in [2.75, 3.05) is 0 Å². The zero-order chi connectivity index (χ0) is 23.7. The fourth-order valence-electron chi connectivity index (χ4n) is 7.56. The first-order chi connectivity index (χ1) is 17.0. The molecule has 3 N–H and O–H groups in total. The van der Waals surface area contributed by atoms with Crippen molar-refractivity contribution >= 4 is 22.9 Å². The molecule has 0 saturated heterocycles. The number of nitrogens with one attached hydrogen (secondary N) is 3. The molecule has 0 atom stereocenters. The van der Waals surface area contributed by atoms with Crippen LogP contribution in [0.25, 0.3) is 16.7 Å². The largest absolute Gasteiger partial charge is 0.323 e. The summed E-state index contributed by atoms with van der Waals surface area (Å²) in [5, 5.41) is 3.21. The van der Waals surface area contributed by atoms with Crippen molar-refractivity contribution in [3.8, 4) is 5.69 Å². The van der Waals surface area contributed by atoms with Crippen molar-refractivity contribution in [1.29, 1.82) is 0 Å². The number of benzene rings is 2. The van der Waals surface area contributed by atoms with E-state index < -0.39 is 0 Å². The lowest BCUT2D eigenvalue weighted by molar-refractivity contribution is -0.00518. The molecule has 0 aliphatic heterocycles. The summed E-state index contributed by atoms with van der Waals surface area (Å²) in [4.78, 5) is 34.7. The first-order valence-electron chi connectivity index (χ1n) is 12.6. The molecular weight excluding hydrogens is 438 g/mol. The number of rotatable bonds is 4. The van der Waals surface area contributed by atoms with E-state index >= 15 is 0 Å². The summed E-state index contributed by atoms with van der Waals surface area (Å²) in [5.41, 5.74) is 5.65. The molecule has 35 heavy (non-hydrogen) atoms. The summed E-state index contributed by atoms with van der Waals surface area (Å²) in [7, 11) is 0. The topological polar surface area (TPSA) is 98.8 Å². The Hall–Kier alpha value is -3.61. The summed E-state index contributed by atoms with van der Waals surface area (Å²) >= 11 is 0. The van der Waals surface area contributed by atoms with Gasteiger partial charge in [0.2, 0.25) is 0 Å². The van der Waals surface area contributed by atoms with E-state index in [2.05, 4.69) is 44.3 Å². The van der Waals surface area contributed by atoms with Crippen molar-refractivity contribution in [2.24, 2.45) is 22.7 Å². The maximum absolute atomic E-state index is 13.2. The molecule has 4 fully saturated rings. The molecule has 4 bridgehead atoms. The molecule has 4 aliphatic carbocycles. The van der Waals surface area contributed by atoms with Crippen LogP contribution in [-0.4, -0.2) is 26.0 Å². The van der Waals surface area contributed by atoms with Gasteiger partial charge in [-0.05, 0) is 105 Å². The van der Waals surface area contributed by atoms with Gasteiger partial charge in [-0.3, -0.25) is 14.9 Å². The molecule has 0 radical (unpaired) electrons. The standard InChI is InChI=1S/C28H29N5O2/c1-16-23(15-29-21-4-7-24-25(11-21)31-27(35)30-24)26(34)33(32-16)22-5-2-20(3-6-22)28-12-17-8-18(13-28)10-19(9-17)14-28/h2-7,11,15,17-19,32H,8-10,12-14H2,1H3,(H2,30,31,35).